The molecule has 1 aliphatic rings. The molecule has 4 nitrogen and oxygen atoms in total. The fourth-order valence-electron chi connectivity index (χ4n) is 2.09. The number of ether oxygens (including phenoxy) is 1. The van der Waals surface area contributed by atoms with Crippen LogP contribution in [0.2, 0.25) is 6.04 Å². The Kier molecular flexibility index (Phi) is 7.75. The van der Waals surface area contributed by atoms with Crippen LogP contribution in [0.15, 0.2) is 0 Å². The first-order chi connectivity index (χ1) is 8.71. The Labute approximate surface area is 116 Å². The summed E-state index contributed by atoms with van der Waals surface area (Å²) in [6.45, 7) is 7.84. The standard InChI is InChI=1S/C12H25ClO4Si/c1-4-14-18(15-5-2,16-6-3)9-7-8-11-12(10-13)17-11/h11-12H,4-10H2,1-3H3. The Bertz CT molecular complexity index is 213. The van der Waals surface area contributed by atoms with Gasteiger partial charge in [0.25, 0.3) is 0 Å². The van der Waals surface area contributed by atoms with E-state index in [-0.39, 0.29) is 6.10 Å². The first kappa shape index (κ1) is 16.4. The number of hydrogen-bond donors (Lipinski definition) is 0. The summed E-state index contributed by atoms with van der Waals surface area (Å²) in [6.07, 6.45) is 2.61. The summed E-state index contributed by atoms with van der Waals surface area (Å²) in [5.41, 5.74) is 0. The van der Waals surface area contributed by atoms with E-state index in [0.717, 1.165) is 18.9 Å². The predicted octanol–water partition coefficient (Wildman–Crippen LogP) is 2.82. The molecule has 0 bridgehead atoms. The summed E-state index contributed by atoms with van der Waals surface area (Å²) in [5.74, 6) is 0.593. The van der Waals surface area contributed by atoms with Crippen LogP contribution in [0.1, 0.15) is 33.6 Å². The summed E-state index contributed by atoms with van der Waals surface area (Å²) in [6, 6.07) is 0.859. The highest BCUT2D eigenvalue weighted by Gasteiger charge is 2.42. The predicted molar refractivity (Wildman–Crippen MR) is 74.1 cm³/mol. The van der Waals surface area contributed by atoms with Crippen LogP contribution in [-0.4, -0.2) is 46.7 Å². The van der Waals surface area contributed by atoms with Crippen molar-refractivity contribution in [1.82, 2.24) is 0 Å². The molecule has 0 amide bonds. The molecule has 0 saturated carbocycles. The molecule has 0 aromatic heterocycles. The number of hydrogen-bond acceptors (Lipinski definition) is 4. The molecular formula is C12H25ClO4Si. The molecule has 1 rings (SSSR count). The van der Waals surface area contributed by atoms with E-state index >= 15 is 0 Å². The van der Waals surface area contributed by atoms with Gasteiger partial charge in [-0.05, 0) is 33.6 Å². The first-order valence-electron chi connectivity index (χ1n) is 6.84. The maximum absolute atomic E-state index is 5.79. The Hall–Kier alpha value is 0.347. The van der Waals surface area contributed by atoms with E-state index in [9.17, 15) is 0 Å². The van der Waals surface area contributed by atoms with Crippen molar-refractivity contribution in [3.8, 4) is 0 Å². The summed E-state index contributed by atoms with van der Waals surface area (Å²) in [4.78, 5) is 0. The number of epoxide rings is 1. The highest BCUT2D eigenvalue weighted by Crippen LogP contribution is 2.30. The molecule has 1 saturated heterocycles. The lowest BCUT2D eigenvalue weighted by Crippen LogP contribution is -2.45. The van der Waals surface area contributed by atoms with Crippen LogP contribution >= 0.6 is 11.6 Å². The minimum Gasteiger partial charge on any atom is -0.374 e. The Morgan fingerprint density at radius 3 is 1.94 bits per heavy atom. The molecule has 0 aromatic carbocycles. The topological polar surface area (TPSA) is 40.2 Å². The maximum Gasteiger partial charge on any atom is 0.500 e. The SMILES string of the molecule is CCO[Si](CCCC1OC1CCl)(OCC)OCC. The second kappa shape index (κ2) is 8.50. The van der Waals surface area contributed by atoms with Crippen LogP contribution < -0.4 is 0 Å². The lowest BCUT2D eigenvalue weighted by molar-refractivity contribution is 0.0705. The van der Waals surface area contributed by atoms with Gasteiger partial charge in [-0.2, -0.15) is 0 Å². The van der Waals surface area contributed by atoms with Gasteiger partial charge in [0.1, 0.15) is 0 Å². The minimum absolute atomic E-state index is 0.258. The van der Waals surface area contributed by atoms with Crippen LogP contribution in [0.5, 0.6) is 0 Å². The van der Waals surface area contributed by atoms with Crippen LogP contribution in [0.4, 0.5) is 0 Å². The third-order valence-electron chi connectivity index (χ3n) is 2.90. The molecule has 1 heterocycles. The highest BCUT2D eigenvalue weighted by molar-refractivity contribution is 6.60. The van der Waals surface area contributed by atoms with Crippen LogP contribution in [0.3, 0.4) is 0 Å². The van der Waals surface area contributed by atoms with Crippen LogP contribution in [0, 0.1) is 0 Å². The van der Waals surface area contributed by atoms with Crippen molar-refractivity contribution in [3.05, 3.63) is 0 Å². The molecule has 1 aliphatic heterocycles. The third kappa shape index (κ3) is 5.15. The minimum atomic E-state index is -2.46. The van der Waals surface area contributed by atoms with Gasteiger partial charge in [-0.25, -0.2) is 0 Å². The van der Waals surface area contributed by atoms with Crippen molar-refractivity contribution < 1.29 is 18.0 Å². The van der Waals surface area contributed by atoms with E-state index in [1.54, 1.807) is 0 Å². The average Bonchev–Trinajstić information content (AvgIpc) is 3.09. The van der Waals surface area contributed by atoms with E-state index in [0.29, 0.717) is 31.8 Å². The molecule has 2 atom stereocenters. The van der Waals surface area contributed by atoms with Gasteiger partial charge >= 0.3 is 8.80 Å². The Morgan fingerprint density at radius 2 is 1.56 bits per heavy atom. The van der Waals surface area contributed by atoms with E-state index < -0.39 is 8.80 Å². The first-order valence-corrected chi connectivity index (χ1v) is 9.31. The fraction of sp³-hybridized carbons (Fsp3) is 1.00. The highest BCUT2D eigenvalue weighted by atomic mass is 35.5. The van der Waals surface area contributed by atoms with Gasteiger partial charge in [-0.1, -0.05) is 0 Å². The van der Waals surface area contributed by atoms with E-state index in [1.807, 2.05) is 20.8 Å². The Balaban J connectivity index is 2.34. The van der Waals surface area contributed by atoms with Gasteiger partial charge in [-0.3, -0.25) is 0 Å². The zero-order valence-electron chi connectivity index (χ0n) is 11.6. The summed E-state index contributed by atoms with van der Waals surface area (Å²) < 4.78 is 22.8. The molecule has 0 N–H and O–H groups in total. The van der Waals surface area contributed by atoms with Gasteiger partial charge in [0, 0.05) is 25.9 Å². The van der Waals surface area contributed by atoms with Crippen molar-refractivity contribution in [2.75, 3.05) is 25.7 Å². The quantitative estimate of drug-likeness (QED) is 0.334. The average molecular weight is 297 g/mol. The van der Waals surface area contributed by atoms with Crippen molar-refractivity contribution in [2.45, 2.75) is 51.9 Å². The smallest absolute Gasteiger partial charge is 0.374 e. The molecule has 0 spiro atoms. The molecule has 0 aliphatic carbocycles. The molecule has 0 radical (unpaired) electrons. The maximum atomic E-state index is 5.79. The van der Waals surface area contributed by atoms with Gasteiger partial charge in [0.2, 0.25) is 0 Å². The number of halogens is 1. The van der Waals surface area contributed by atoms with Crippen molar-refractivity contribution >= 4 is 20.4 Å². The zero-order chi connectivity index (χ0) is 13.4. The van der Waals surface area contributed by atoms with Gasteiger partial charge in [0.15, 0.2) is 0 Å². The lowest BCUT2D eigenvalue weighted by Gasteiger charge is -2.28. The molecule has 0 aromatic rings. The number of alkyl halides is 1. The lowest BCUT2D eigenvalue weighted by atomic mass is 10.2. The normalized spacial score (nSPS) is 23.3. The fourth-order valence-corrected chi connectivity index (χ4v) is 5.00. The molecule has 6 heteroatoms. The van der Waals surface area contributed by atoms with Crippen molar-refractivity contribution in [2.24, 2.45) is 0 Å². The number of rotatable bonds is 11. The van der Waals surface area contributed by atoms with Crippen molar-refractivity contribution in [1.29, 1.82) is 0 Å². The van der Waals surface area contributed by atoms with Gasteiger partial charge < -0.3 is 18.0 Å². The van der Waals surface area contributed by atoms with Crippen LogP contribution in [-0.2, 0) is 18.0 Å². The zero-order valence-corrected chi connectivity index (χ0v) is 13.4. The molecule has 108 valence electrons. The second-order valence-corrected chi connectivity index (χ2v) is 7.28. The molecular weight excluding hydrogens is 272 g/mol. The van der Waals surface area contributed by atoms with E-state index in [1.165, 1.54) is 0 Å². The summed E-state index contributed by atoms with van der Waals surface area (Å²) in [7, 11) is -2.46. The summed E-state index contributed by atoms with van der Waals surface area (Å²) in [5, 5.41) is 0. The van der Waals surface area contributed by atoms with E-state index in [2.05, 4.69) is 0 Å². The monoisotopic (exact) mass is 296 g/mol. The molecule has 2 unspecified atom stereocenters. The van der Waals surface area contributed by atoms with Crippen molar-refractivity contribution in [3.63, 3.8) is 0 Å². The van der Waals surface area contributed by atoms with Gasteiger partial charge in [0.05, 0.1) is 18.1 Å². The third-order valence-corrected chi connectivity index (χ3v) is 6.36. The molecule has 1 fully saturated rings. The van der Waals surface area contributed by atoms with Gasteiger partial charge in [-0.15, -0.1) is 11.6 Å². The summed E-state index contributed by atoms with van der Waals surface area (Å²) >= 11 is 5.72. The molecule has 18 heavy (non-hydrogen) atoms. The van der Waals surface area contributed by atoms with E-state index in [4.69, 9.17) is 29.6 Å². The largest absolute Gasteiger partial charge is 0.500 e. The second-order valence-electron chi connectivity index (χ2n) is 4.24. The Morgan fingerprint density at radius 1 is 1.00 bits per heavy atom. The van der Waals surface area contributed by atoms with Crippen LogP contribution in [0.25, 0.3) is 0 Å².